The van der Waals surface area contributed by atoms with E-state index >= 15 is 0 Å². The van der Waals surface area contributed by atoms with Crippen LogP contribution in [0.1, 0.15) is 0 Å². The summed E-state index contributed by atoms with van der Waals surface area (Å²) >= 11 is 2.79. The first kappa shape index (κ1) is 22.9. The zero-order valence-corrected chi connectivity index (χ0v) is 7.98. The van der Waals surface area contributed by atoms with Crippen LogP contribution in [0.25, 0.3) is 0 Å². The monoisotopic (exact) mass is 370 g/mol. The van der Waals surface area contributed by atoms with E-state index < -0.39 is 0 Å². The van der Waals surface area contributed by atoms with Gasteiger partial charge in [-0.05, 0) is 0 Å². The predicted octanol–water partition coefficient (Wildman–Crippen LogP) is -0.904. The van der Waals surface area contributed by atoms with Crippen LogP contribution in [0.5, 0.6) is 0 Å². The summed E-state index contributed by atoms with van der Waals surface area (Å²) in [7, 11) is 0. The van der Waals surface area contributed by atoms with Crippen LogP contribution in [-0.4, -0.2) is 45.5 Å². The van der Waals surface area contributed by atoms with Gasteiger partial charge in [0.05, 0.1) is 0 Å². The molecule has 0 heterocycles. The molecule has 0 rings (SSSR count). The van der Waals surface area contributed by atoms with Crippen LogP contribution in [0.3, 0.4) is 0 Å². The fourth-order valence-electron chi connectivity index (χ4n) is 0. The predicted molar refractivity (Wildman–Crippen MR) is 14.2 cm³/mol. The summed E-state index contributed by atoms with van der Waals surface area (Å²) in [4.78, 5) is 1.50. The van der Waals surface area contributed by atoms with Gasteiger partial charge in [0.25, 0.3) is 0 Å². The van der Waals surface area contributed by atoms with Gasteiger partial charge in [-0.1, -0.05) is 0 Å². The first-order chi connectivity index (χ1) is 1.41. The Morgan fingerprint density at radius 2 is 1.50 bits per heavy atom. The molecule has 33 valence electrons. The van der Waals surface area contributed by atoms with Crippen LogP contribution in [0.2, 0.25) is 0 Å². The van der Waals surface area contributed by atoms with Gasteiger partial charge in [-0.2, -0.15) is 0 Å². The van der Waals surface area contributed by atoms with Gasteiger partial charge in [-0.25, -0.2) is 0 Å². The first-order valence-corrected chi connectivity index (χ1v) is 0.952. The second-order valence-corrected chi connectivity index (χ2v) is 0.326. The fourth-order valence-corrected chi connectivity index (χ4v) is 0. The molecule has 0 aliphatic rings. The maximum absolute atomic E-state index is 7.21. The molecule has 0 aromatic heterocycles. The van der Waals surface area contributed by atoms with Crippen LogP contribution >= 0.6 is 0 Å². The molecule has 0 saturated heterocycles. The van der Waals surface area contributed by atoms with Crippen molar-refractivity contribution in [3.05, 3.63) is 0 Å². The van der Waals surface area contributed by atoms with Crippen molar-refractivity contribution in [1.29, 1.82) is 5.26 Å². The Labute approximate surface area is 121 Å². The van der Waals surface area contributed by atoms with E-state index in [0.717, 1.165) is 0 Å². The third-order valence-corrected chi connectivity index (χ3v) is 0. The molecule has 0 bridgehead atoms. The first-order valence-electron chi connectivity index (χ1n) is 0.400. The second kappa shape index (κ2) is 24.1. The third-order valence-electron chi connectivity index (χ3n) is 0. The summed E-state index contributed by atoms with van der Waals surface area (Å²) < 4.78 is 0. The Kier molecular flexibility index (Phi) is 92.0. The van der Waals surface area contributed by atoms with Crippen molar-refractivity contribution in [2.45, 2.75) is 0 Å². The van der Waals surface area contributed by atoms with Gasteiger partial charge >= 0.3 is 71.7 Å². The van der Waals surface area contributed by atoms with E-state index in [-0.39, 0.29) is 97.9 Å². The zero-order chi connectivity index (χ0) is 2.71. The minimum absolute atomic E-state index is 0. The molecule has 0 fully saturated rings. The quantitative estimate of drug-likeness (QED) is 0.508. The van der Waals surface area contributed by atoms with Crippen molar-refractivity contribution in [2.24, 2.45) is 0 Å². The molecule has 0 spiro atoms. The molecule has 0 aromatic carbocycles. The Balaban J connectivity index is -0.00000000667. The van der Waals surface area contributed by atoms with Gasteiger partial charge in [-0.15, -0.1) is 0 Å². The number of nitrogens with zero attached hydrogens (tertiary/aromatic N) is 1. The molecule has 0 amide bonds. The van der Waals surface area contributed by atoms with Crippen molar-refractivity contribution < 1.29 is 68.4 Å². The third kappa shape index (κ3) is 27.1. The van der Waals surface area contributed by atoms with Crippen molar-refractivity contribution in [3.63, 3.8) is 0 Å². The molecule has 0 atom stereocenters. The minimum atomic E-state index is 0. The van der Waals surface area contributed by atoms with E-state index in [1.807, 2.05) is 0 Å². The number of nitriles is 1. The fraction of sp³-hybridized carbons (Fsp3) is 0. The number of hydrogen-bond acceptors (Lipinski definition) is 1. The Morgan fingerprint density at radius 3 is 1.50 bits per heavy atom. The van der Waals surface area contributed by atoms with Gasteiger partial charge in [-0.3, -0.25) is 0 Å². The number of rotatable bonds is 0. The molecule has 0 aliphatic heterocycles. The average Bonchev–Trinajstić information content (AvgIpc) is 0.918. The van der Waals surface area contributed by atoms with Crippen molar-refractivity contribution in [3.8, 4) is 4.97 Å². The van der Waals surface area contributed by atoms with Gasteiger partial charge in [0.1, 0.15) is 0 Å². The van der Waals surface area contributed by atoms with Gasteiger partial charge in [0.15, 0.2) is 0 Å². The van der Waals surface area contributed by atoms with Gasteiger partial charge in [0, 0.05) is 52.4 Å². The summed E-state index contributed by atoms with van der Waals surface area (Å²) in [6, 6.07) is 0. The second-order valence-electron chi connectivity index (χ2n) is 0.0791. The normalized spacial score (nSPS) is 1.33. The topological polar surface area (TPSA) is 23.8 Å². The summed E-state index contributed by atoms with van der Waals surface area (Å²) in [6.45, 7) is 0. The summed E-state index contributed by atoms with van der Waals surface area (Å²) in [6.07, 6.45) is 0. The molecule has 0 N–H and O–H groups in total. The standard InChI is InChI=1S/CN.Co.Fe.La.Sr.2H/c1-2;;;;;;. The van der Waals surface area contributed by atoms with Gasteiger partial charge < -0.3 is 0 Å². The Bertz CT molecular complexity index is 37.0. The van der Waals surface area contributed by atoms with Crippen molar-refractivity contribution >= 4 is 45.5 Å². The van der Waals surface area contributed by atoms with E-state index in [1.54, 1.807) is 0 Å². The SMILES string of the molecule is N#[C][Fe].[Co].[La].[SrH2]. The van der Waals surface area contributed by atoms with Gasteiger partial charge in [0.2, 0.25) is 0 Å². The average molecular weight is 369 g/mol. The molecule has 0 aromatic rings. The van der Waals surface area contributed by atoms with E-state index in [2.05, 4.69) is 16.0 Å². The Morgan fingerprint density at radius 1 is 1.50 bits per heavy atom. The molecule has 0 unspecified atom stereocenters. The molecule has 0 aliphatic carbocycles. The summed E-state index contributed by atoms with van der Waals surface area (Å²) in [5, 5.41) is 7.21. The zero-order valence-electron chi connectivity index (χ0n) is 2.21. The molecular weight excluding hydrogens is 367 g/mol. The molecule has 5 heteroatoms. The number of hydrogen-bond donors (Lipinski definition) is 0. The summed E-state index contributed by atoms with van der Waals surface area (Å²) in [5.74, 6) is 0. The Hall–Kier alpha value is 3.19. The summed E-state index contributed by atoms with van der Waals surface area (Å²) in [5.41, 5.74) is 0. The molecule has 6 heavy (non-hydrogen) atoms. The van der Waals surface area contributed by atoms with Crippen LogP contribution in [-0.2, 0) is 32.8 Å². The molecule has 2 radical (unpaired) electrons. The van der Waals surface area contributed by atoms with Crippen molar-refractivity contribution in [1.82, 2.24) is 0 Å². The molecule has 0 saturated carbocycles. The van der Waals surface area contributed by atoms with Crippen LogP contribution < -0.4 is 0 Å². The molecular formula is CH2CoFeLaNSr. The molecule has 1 nitrogen and oxygen atoms in total. The van der Waals surface area contributed by atoms with E-state index in [0.29, 0.717) is 0 Å². The maximum atomic E-state index is 7.21. The van der Waals surface area contributed by atoms with Crippen LogP contribution in [0.4, 0.5) is 0 Å². The van der Waals surface area contributed by atoms with E-state index in [1.165, 1.54) is 4.97 Å². The van der Waals surface area contributed by atoms with Crippen LogP contribution in [0, 0.1) is 45.8 Å². The van der Waals surface area contributed by atoms with E-state index in [4.69, 9.17) is 5.26 Å². The van der Waals surface area contributed by atoms with Crippen LogP contribution in [0.15, 0.2) is 0 Å². The van der Waals surface area contributed by atoms with E-state index in [9.17, 15) is 0 Å². The van der Waals surface area contributed by atoms with Crippen molar-refractivity contribution in [2.75, 3.05) is 0 Å².